The number of hydrogen-bond donors (Lipinski definition) is 1. The van der Waals surface area contributed by atoms with E-state index in [1.54, 1.807) is 13.2 Å². The van der Waals surface area contributed by atoms with Crippen LogP contribution in [0.4, 0.5) is 0 Å². The van der Waals surface area contributed by atoms with Crippen molar-refractivity contribution < 1.29 is 9.15 Å². The van der Waals surface area contributed by atoms with Crippen LogP contribution in [0, 0.1) is 0 Å². The highest BCUT2D eigenvalue weighted by Gasteiger charge is 2.08. The molecule has 3 nitrogen and oxygen atoms in total. The topological polar surface area (TPSA) is 34.4 Å². The molecule has 0 bridgehead atoms. The summed E-state index contributed by atoms with van der Waals surface area (Å²) in [5.74, 6) is 1.77. The molecular weight excluding hydrogens is 262 g/mol. The van der Waals surface area contributed by atoms with Crippen LogP contribution >= 0.6 is 11.6 Å². The lowest BCUT2D eigenvalue weighted by atomic mass is 10.1. The van der Waals surface area contributed by atoms with Crippen molar-refractivity contribution in [1.82, 2.24) is 5.32 Å². The maximum atomic E-state index is 5.73. The maximum Gasteiger partial charge on any atom is 0.193 e. The molecule has 0 fully saturated rings. The largest absolute Gasteiger partial charge is 0.496 e. The Balaban J connectivity index is 1.88. The molecule has 0 spiro atoms. The highest BCUT2D eigenvalue weighted by molar-refractivity contribution is 6.28. The third-order valence-electron chi connectivity index (χ3n) is 2.97. The number of para-hydroxylation sites is 1. The van der Waals surface area contributed by atoms with Gasteiger partial charge in [-0.1, -0.05) is 18.2 Å². The van der Waals surface area contributed by atoms with Gasteiger partial charge in [-0.3, -0.25) is 0 Å². The van der Waals surface area contributed by atoms with Gasteiger partial charge in [0.15, 0.2) is 5.22 Å². The van der Waals surface area contributed by atoms with Crippen LogP contribution in [0.15, 0.2) is 40.8 Å². The second-order valence-electron chi connectivity index (χ2n) is 4.50. The molecule has 102 valence electrons. The molecule has 0 aliphatic heterocycles. The molecule has 2 aromatic rings. The summed E-state index contributed by atoms with van der Waals surface area (Å²) in [6.07, 6.45) is 0.901. The number of rotatable bonds is 6. The maximum absolute atomic E-state index is 5.73. The van der Waals surface area contributed by atoms with Gasteiger partial charge in [0.25, 0.3) is 0 Å². The molecule has 19 heavy (non-hydrogen) atoms. The fourth-order valence-corrected chi connectivity index (χ4v) is 2.16. The van der Waals surface area contributed by atoms with E-state index < -0.39 is 0 Å². The first-order valence-corrected chi connectivity index (χ1v) is 6.66. The van der Waals surface area contributed by atoms with Gasteiger partial charge in [0, 0.05) is 6.04 Å². The third kappa shape index (κ3) is 4.01. The molecule has 0 amide bonds. The van der Waals surface area contributed by atoms with Crippen LogP contribution in [0.3, 0.4) is 0 Å². The SMILES string of the molecule is COc1ccccc1CC(C)NCc1ccc(Cl)o1. The van der Waals surface area contributed by atoms with Gasteiger partial charge in [-0.25, -0.2) is 0 Å². The van der Waals surface area contributed by atoms with Crippen LogP contribution < -0.4 is 10.1 Å². The molecule has 0 aliphatic carbocycles. The average Bonchev–Trinajstić information content (AvgIpc) is 2.83. The minimum Gasteiger partial charge on any atom is -0.496 e. The van der Waals surface area contributed by atoms with Crippen molar-refractivity contribution in [2.75, 3.05) is 7.11 Å². The quantitative estimate of drug-likeness (QED) is 0.876. The average molecular weight is 280 g/mol. The van der Waals surface area contributed by atoms with E-state index in [1.165, 1.54) is 5.56 Å². The normalized spacial score (nSPS) is 12.4. The first-order valence-electron chi connectivity index (χ1n) is 6.28. The Kier molecular flexibility index (Phi) is 4.88. The molecule has 0 saturated carbocycles. The summed E-state index contributed by atoms with van der Waals surface area (Å²) in [6.45, 7) is 2.81. The Bertz CT molecular complexity index is 524. The molecule has 1 heterocycles. The van der Waals surface area contributed by atoms with E-state index in [-0.39, 0.29) is 0 Å². The van der Waals surface area contributed by atoms with Crippen molar-refractivity contribution in [3.63, 3.8) is 0 Å². The van der Waals surface area contributed by atoms with Crippen LogP contribution in [0.25, 0.3) is 0 Å². The van der Waals surface area contributed by atoms with Crippen molar-refractivity contribution in [3.05, 3.63) is 52.9 Å². The van der Waals surface area contributed by atoms with E-state index in [1.807, 2.05) is 24.3 Å². The minimum atomic E-state index is 0.320. The van der Waals surface area contributed by atoms with Gasteiger partial charge in [-0.2, -0.15) is 0 Å². The Morgan fingerprint density at radius 3 is 2.74 bits per heavy atom. The Morgan fingerprint density at radius 1 is 1.26 bits per heavy atom. The number of furan rings is 1. The van der Waals surface area contributed by atoms with E-state index >= 15 is 0 Å². The molecule has 1 aromatic carbocycles. The van der Waals surface area contributed by atoms with Crippen LogP contribution in [-0.2, 0) is 13.0 Å². The van der Waals surface area contributed by atoms with E-state index in [4.69, 9.17) is 20.8 Å². The lowest BCUT2D eigenvalue weighted by Crippen LogP contribution is -2.27. The molecule has 1 unspecified atom stereocenters. The summed E-state index contributed by atoms with van der Waals surface area (Å²) in [5, 5.41) is 3.83. The fourth-order valence-electron chi connectivity index (χ4n) is 2.00. The minimum absolute atomic E-state index is 0.320. The second kappa shape index (κ2) is 6.64. The Hall–Kier alpha value is -1.45. The summed E-state index contributed by atoms with van der Waals surface area (Å²) in [6, 6.07) is 12.0. The van der Waals surface area contributed by atoms with Crippen molar-refractivity contribution in [2.24, 2.45) is 0 Å². The van der Waals surface area contributed by atoms with Crippen molar-refractivity contribution >= 4 is 11.6 Å². The number of methoxy groups -OCH3 is 1. The van der Waals surface area contributed by atoms with Gasteiger partial charge in [0.2, 0.25) is 0 Å². The molecule has 2 rings (SSSR count). The smallest absolute Gasteiger partial charge is 0.193 e. The van der Waals surface area contributed by atoms with Gasteiger partial charge in [0.1, 0.15) is 11.5 Å². The summed E-state index contributed by atoms with van der Waals surface area (Å²) in [5.41, 5.74) is 1.20. The number of halogens is 1. The molecule has 0 radical (unpaired) electrons. The summed E-state index contributed by atoms with van der Waals surface area (Å²) < 4.78 is 10.7. The van der Waals surface area contributed by atoms with E-state index in [0.29, 0.717) is 17.8 Å². The van der Waals surface area contributed by atoms with Gasteiger partial charge in [-0.15, -0.1) is 0 Å². The zero-order valence-corrected chi connectivity index (χ0v) is 11.9. The van der Waals surface area contributed by atoms with Crippen molar-refractivity contribution in [2.45, 2.75) is 25.9 Å². The number of hydrogen-bond acceptors (Lipinski definition) is 3. The summed E-state index contributed by atoms with van der Waals surface area (Å²) in [7, 11) is 1.70. The Labute approximate surface area is 118 Å². The highest BCUT2D eigenvalue weighted by Crippen LogP contribution is 2.19. The van der Waals surface area contributed by atoms with Gasteiger partial charge >= 0.3 is 0 Å². The van der Waals surface area contributed by atoms with Crippen molar-refractivity contribution in [1.29, 1.82) is 0 Å². The second-order valence-corrected chi connectivity index (χ2v) is 4.88. The van der Waals surface area contributed by atoms with Gasteiger partial charge in [-0.05, 0) is 48.7 Å². The monoisotopic (exact) mass is 279 g/mol. The van der Waals surface area contributed by atoms with Gasteiger partial charge in [0.05, 0.1) is 13.7 Å². The first-order chi connectivity index (χ1) is 9.19. The number of nitrogens with one attached hydrogen (secondary N) is 1. The molecular formula is C15H18ClNO2. The summed E-state index contributed by atoms with van der Waals surface area (Å²) in [4.78, 5) is 0. The fraction of sp³-hybridized carbons (Fsp3) is 0.333. The Morgan fingerprint density at radius 2 is 2.05 bits per heavy atom. The van der Waals surface area contributed by atoms with Gasteiger partial charge < -0.3 is 14.5 Å². The van der Waals surface area contributed by atoms with Crippen LogP contribution in [-0.4, -0.2) is 13.2 Å². The number of ether oxygens (including phenoxy) is 1. The van der Waals surface area contributed by atoms with Crippen LogP contribution in [0.5, 0.6) is 5.75 Å². The standard InChI is InChI=1S/C15H18ClNO2/c1-11(17-10-13-7-8-15(16)19-13)9-12-5-3-4-6-14(12)18-2/h3-8,11,17H,9-10H2,1-2H3. The zero-order valence-electron chi connectivity index (χ0n) is 11.2. The van der Waals surface area contributed by atoms with E-state index in [9.17, 15) is 0 Å². The highest BCUT2D eigenvalue weighted by atomic mass is 35.5. The molecule has 4 heteroatoms. The molecule has 1 aromatic heterocycles. The lowest BCUT2D eigenvalue weighted by Gasteiger charge is -2.15. The van der Waals surface area contributed by atoms with Crippen molar-refractivity contribution in [3.8, 4) is 5.75 Å². The number of benzene rings is 1. The molecule has 1 atom stereocenters. The first kappa shape index (κ1) is 14.0. The predicted octanol–water partition coefficient (Wildman–Crippen LogP) is 3.66. The van der Waals surface area contributed by atoms with Crippen LogP contribution in [0.1, 0.15) is 18.2 Å². The molecule has 0 saturated heterocycles. The van der Waals surface area contributed by atoms with E-state index in [0.717, 1.165) is 17.9 Å². The third-order valence-corrected chi connectivity index (χ3v) is 3.18. The lowest BCUT2D eigenvalue weighted by molar-refractivity contribution is 0.404. The van der Waals surface area contributed by atoms with Crippen LogP contribution in [0.2, 0.25) is 5.22 Å². The molecule has 0 aliphatic rings. The summed E-state index contributed by atoms with van der Waals surface area (Å²) >= 11 is 5.73. The zero-order chi connectivity index (χ0) is 13.7. The molecule has 1 N–H and O–H groups in total. The predicted molar refractivity (Wildman–Crippen MR) is 76.7 cm³/mol. The van der Waals surface area contributed by atoms with E-state index in [2.05, 4.69) is 18.3 Å².